The largest absolute Gasteiger partial charge is 0.343 e. The van der Waals surface area contributed by atoms with E-state index in [-0.39, 0.29) is 5.91 Å². The fourth-order valence-corrected chi connectivity index (χ4v) is 5.12. The van der Waals surface area contributed by atoms with Crippen LogP contribution in [0, 0.1) is 6.92 Å². The standard InChI is InChI=1S/C25H27ClN2O3S/c1-4-23(28(32(3,30)31)21-16-14-20(26)15-17-21)25(29)27-24(19-11-6-5-7-12-19)22-13-9-8-10-18(22)2/h5-17,23-24H,4H2,1-3H3,(H,27,29)/t23-,24+/m1/s1. The van der Waals surface area contributed by atoms with Gasteiger partial charge in [-0.3, -0.25) is 9.10 Å². The van der Waals surface area contributed by atoms with E-state index in [1.165, 1.54) is 4.31 Å². The fraction of sp³-hybridized carbons (Fsp3) is 0.240. The third-order valence-corrected chi connectivity index (χ3v) is 6.76. The van der Waals surface area contributed by atoms with Gasteiger partial charge in [-0.1, -0.05) is 73.1 Å². The molecule has 3 aromatic rings. The second-order valence-corrected chi connectivity index (χ2v) is 9.96. The van der Waals surface area contributed by atoms with E-state index in [2.05, 4.69) is 5.32 Å². The SMILES string of the molecule is CC[C@H](C(=O)N[C@@H](c1ccccc1)c1ccccc1C)N(c1ccc(Cl)cc1)S(C)(=O)=O. The zero-order chi connectivity index (χ0) is 23.3. The molecule has 0 saturated heterocycles. The van der Waals surface area contributed by atoms with Crippen molar-refractivity contribution in [1.29, 1.82) is 0 Å². The van der Waals surface area contributed by atoms with Crippen LogP contribution in [-0.2, 0) is 14.8 Å². The first kappa shape index (κ1) is 23.8. The number of sulfonamides is 1. The molecule has 1 N–H and O–H groups in total. The monoisotopic (exact) mass is 470 g/mol. The number of amides is 1. The summed E-state index contributed by atoms with van der Waals surface area (Å²) in [6.45, 7) is 3.79. The molecule has 0 unspecified atom stereocenters. The average molecular weight is 471 g/mol. The Morgan fingerprint density at radius 1 is 0.969 bits per heavy atom. The number of hydrogen-bond acceptors (Lipinski definition) is 3. The summed E-state index contributed by atoms with van der Waals surface area (Å²) in [7, 11) is -3.73. The predicted octanol–water partition coefficient (Wildman–Crippen LogP) is 5.10. The highest BCUT2D eigenvalue weighted by Crippen LogP contribution is 2.28. The van der Waals surface area contributed by atoms with E-state index in [1.807, 2.05) is 61.5 Å². The highest BCUT2D eigenvalue weighted by Gasteiger charge is 2.33. The van der Waals surface area contributed by atoms with Crippen molar-refractivity contribution >= 4 is 33.2 Å². The summed E-state index contributed by atoms with van der Waals surface area (Å²) >= 11 is 5.98. The molecule has 7 heteroatoms. The summed E-state index contributed by atoms with van der Waals surface area (Å²) in [6, 6.07) is 22.6. The van der Waals surface area contributed by atoms with E-state index in [1.54, 1.807) is 31.2 Å². The first-order valence-corrected chi connectivity index (χ1v) is 12.6. The van der Waals surface area contributed by atoms with Gasteiger partial charge in [-0.05, 0) is 54.3 Å². The Kier molecular flexibility index (Phi) is 7.59. The minimum absolute atomic E-state index is 0.302. The smallest absolute Gasteiger partial charge is 0.244 e. The van der Waals surface area contributed by atoms with Crippen molar-refractivity contribution in [2.45, 2.75) is 32.4 Å². The molecule has 0 aliphatic heterocycles. The molecule has 168 valence electrons. The van der Waals surface area contributed by atoms with E-state index in [0.29, 0.717) is 17.1 Å². The van der Waals surface area contributed by atoms with Gasteiger partial charge in [-0.2, -0.15) is 0 Å². The van der Waals surface area contributed by atoms with Crippen molar-refractivity contribution < 1.29 is 13.2 Å². The Balaban J connectivity index is 2.01. The van der Waals surface area contributed by atoms with E-state index < -0.39 is 22.1 Å². The average Bonchev–Trinajstić information content (AvgIpc) is 2.77. The van der Waals surface area contributed by atoms with Crippen LogP contribution in [-0.4, -0.2) is 26.6 Å². The molecule has 3 rings (SSSR count). The lowest BCUT2D eigenvalue weighted by molar-refractivity contribution is -0.122. The number of carbonyl (C=O) groups excluding carboxylic acids is 1. The maximum Gasteiger partial charge on any atom is 0.244 e. The molecular weight excluding hydrogens is 444 g/mol. The molecule has 0 fully saturated rings. The van der Waals surface area contributed by atoms with Gasteiger partial charge in [0.2, 0.25) is 15.9 Å². The van der Waals surface area contributed by atoms with Crippen LogP contribution in [0.2, 0.25) is 5.02 Å². The fourth-order valence-electron chi connectivity index (χ4n) is 3.78. The van der Waals surface area contributed by atoms with Crippen molar-refractivity contribution in [2.24, 2.45) is 0 Å². The maximum absolute atomic E-state index is 13.5. The van der Waals surface area contributed by atoms with Crippen LogP contribution in [0.5, 0.6) is 0 Å². The second-order valence-electron chi connectivity index (χ2n) is 7.67. The molecule has 0 aromatic heterocycles. The molecule has 32 heavy (non-hydrogen) atoms. The van der Waals surface area contributed by atoms with E-state index in [9.17, 15) is 13.2 Å². The molecule has 0 aliphatic carbocycles. The third-order valence-electron chi connectivity index (χ3n) is 5.33. The number of carbonyl (C=O) groups is 1. The Labute approximate surface area is 195 Å². The number of nitrogens with zero attached hydrogens (tertiary/aromatic N) is 1. The van der Waals surface area contributed by atoms with Crippen LogP contribution in [0.3, 0.4) is 0 Å². The van der Waals surface area contributed by atoms with Crippen LogP contribution in [0.4, 0.5) is 5.69 Å². The van der Waals surface area contributed by atoms with Gasteiger partial charge in [0.15, 0.2) is 0 Å². The van der Waals surface area contributed by atoms with Gasteiger partial charge < -0.3 is 5.32 Å². The van der Waals surface area contributed by atoms with Gasteiger partial charge in [-0.15, -0.1) is 0 Å². The van der Waals surface area contributed by atoms with Gasteiger partial charge in [0, 0.05) is 5.02 Å². The molecule has 0 radical (unpaired) electrons. The Morgan fingerprint density at radius 3 is 2.12 bits per heavy atom. The summed E-state index contributed by atoms with van der Waals surface area (Å²) < 4.78 is 26.6. The number of anilines is 1. The number of benzene rings is 3. The highest BCUT2D eigenvalue weighted by atomic mass is 35.5. The third kappa shape index (κ3) is 5.50. The van der Waals surface area contributed by atoms with Crippen LogP contribution in [0.25, 0.3) is 0 Å². The zero-order valence-corrected chi connectivity index (χ0v) is 19.9. The van der Waals surface area contributed by atoms with Crippen molar-refractivity contribution in [1.82, 2.24) is 5.32 Å². The molecule has 0 aliphatic rings. The number of hydrogen-bond donors (Lipinski definition) is 1. The molecular formula is C25H27ClN2O3S. The lowest BCUT2D eigenvalue weighted by atomic mass is 9.94. The Hall–Kier alpha value is -2.83. The molecule has 3 aromatic carbocycles. The molecule has 1 amide bonds. The minimum atomic E-state index is -3.73. The molecule has 0 bridgehead atoms. The quantitative estimate of drug-likeness (QED) is 0.498. The number of halogens is 1. The van der Waals surface area contributed by atoms with Gasteiger partial charge in [0.25, 0.3) is 0 Å². The molecule has 0 heterocycles. The Morgan fingerprint density at radius 2 is 1.56 bits per heavy atom. The number of aryl methyl sites for hydroxylation is 1. The summed E-state index contributed by atoms with van der Waals surface area (Å²) in [5.74, 6) is -0.370. The van der Waals surface area contributed by atoms with Crippen molar-refractivity contribution in [2.75, 3.05) is 10.6 Å². The van der Waals surface area contributed by atoms with Crippen molar-refractivity contribution in [3.8, 4) is 0 Å². The minimum Gasteiger partial charge on any atom is -0.343 e. The summed E-state index contributed by atoms with van der Waals surface area (Å²) in [6.07, 6.45) is 1.41. The van der Waals surface area contributed by atoms with E-state index in [4.69, 9.17) is 11.6 Å². The molecule has 0 saturated carbocycles. The number of nitrogens with one attached hydrogen (secondary N) is 1. The van der Waals surface area contributed by atoms with Crippen LogP contribution >= 0.6 is 11.6 Å². The van der Waals surface area contributed by atoms with Gasteiger partial charge in [0.1, 0.15) is 6.04 Å². The van der Waals surface area contributed by atoms with E-state index in [0.717, 1.165) is 22.9 Å². The van der Waals surface area contributed by atoms with E-state index >= 15 is 0 Å². The summed E-state index contributed by atoms with van der Waals surface area (Å²) in [5.41, 5.74) is 3.31. The van der Waals surface area contributed by atoms with Crippen molar-refractivity contribution in [3.05, 3.63) is 101 Å². The summed E-state index contributed by atoms with van der Waals surface area (Å²) in [5, 5.41) is 3.59. The van der Waals surface area contributed by atoms with Crippen LogP contribution < -0.4 is 9.62 Å². The van der Waals surface area contributed by atoms with Gasteiger partial charge >= 0.3 is 0 Å². The lowest BCUT2D eigenvalue weighted by Crippen LogP contribution is -2.50. The van der Waals surface area contributed by atoms with Gasteiger partial charge in [-0.25, -0.2) is 8.42 Å². The van der Waals surface area contributed by atoms with Crippen LogP contribution in [0.15, 0.2) is 78.9 Å². The lowest BCUT2D eigenvalue weighted by Gasteiger charge is -2.32. The second kappa shape index (κ2) is 10.2. The Bertz CT molecular complexity index is 1170. The predicted molar refractivity (Wildman–Crippen MR) is 130 cm³/mol. The van der Waals surface area contributed by atoms with Crippen LogP contribution in [0.1, 0.15) is 36.1 Å². The highest BCUT2D eigenvalue weighted by molar-refractivity contribution is 7.92. The molecule has 0 spiro atoms. The van der Waals surface area contributed by atoms with Gasteiger partial charge in [0.05, 0.1) is 18.0 Å². The first-order valence-electron chi connectivity index (χ1n) is 10.4. The topological polar surface area (TPSA) is 66.5 Å². The normalized spacial score (nSPS) is 13.2. The number of rotatable bonds is 8. The maximum atomic E-state index is 13.5. The molecule has 2 atom stereocenters. The molecule has 5 nitrogen and oxygen atoms in total. The summed E-state index contributed by atoms with van der Waals surface area (Å²) in [4.78, 5) is 13.5. The van der Waals surface area contributed by atoms with Crippen molar-refractivity contribution in [3.63, 3.8) is 0 Å². The first-order chi connectivity index (χ1) is 15.2. The zero-order valence-electron chi connectivity index (χ0n) is 18.3.